The number of hydrogen-bond donors (Lipinski definition) is 0. The first-order valence-corrected chi connectivity index (χ1v) is 8.06. The molecule has 3 atom stereocenters. The van der Waals surface area contributed by atoms with Crippen molar-refractivity contribution in [1.82, 2.24) is 0 Å². The average Bonchev–Trinajstić information content (AvgIpc) is 3.15. The first-order chi connectivity index (χ1) is 12.1. The topological polar surface area (TPSA) is 101 Å². The molecule has 1 aromatic carbocycles. The molecular weight excluding hydrogens is 322 g/mol. The second-order valence-electron chi connectivity index (χ2n) is 6.24. The molecule has 1 fully saturated rings. The van der Waals surface area contributed by atoms with E-state index in [1.807, 2.05) is 30.3 Å². The molecule has 2 aliphatic carbocycles. The number of rotatable bonds is 7. The molecule has 0 amide bonds. The number of esters is 1. The molecule has 25 heavy (non-hydrogen) atoms. The van der Waals surface area contributed by atoms with E-state index >= 15 is 0 Å². The molecule has 0 spiro atoms. The third-order valence-corrected chi connectivity index (χ3v) is 5.40. The van der Waals surface area contributed by atoms with Gasteiger partial charge in [0, 0.05) is 17.5 Å². The zero-order valence-corrected chi connectivity index (χ0v) is 14.1. The molecule has 7 nitrogen and oxygen atoms in total. The number of azide groups is 1. The monoisotopic (exact) mass is 341 g/mol. The van der Waals surface area contributed by atoms with Gasteiger partial charge in [0.25, 0.3) is 0 Å². The number of methoxy groups -OCH3 is 2. The number of benzene rings is 1. The zero-order valence-electron chi connectivity index (χ0n) is 14.1. The molecule has 1 unspecified atom stereocenters. The number of allylic oxidation sites excluding steroid dienone is 2. The van der Waals surface area contributed by atoms with Gasteiger partial charge in [0.05, 0.1) is 31.0 Å². The number of carbonyl (C=O) groups excluding carboxylic acids is 2. The van der Waals surface area contributed by atoms with Gasteiger partial charge in [-0.15, -0.1) is 0 Å². The van der Waals surface area contributed by atoms with Crippen molar-refractivity contribution in [2.45, 2.75) is 18.3 Å². The Bertz CT molecular complexity index is 785. The van der Waals surface area contributed by atoms with Crippen LogP contribution in [0.1, 0.15) is 18.4 Å². The molecule has 0 aliphatic heterocycles. The van der Waals surface area contributed by atoms with Crippen molar-refractivity contribution < 1.29 is 19.1 Å². The summed E-state index contributed by atoms with van der Waals surface area (Å²) < 4.78 is 10.5. The average molecular weight is 341 g/mol. The van der Waals surface area contributed by atoms with Crippen LogP contribution >= 0.6 is 0 Å². The maximum absolute atomic E-state index is 13.0. The maximum atomic E-state index is 13.0. The molecule has 1 saturated carbocycles. The standard InChI is InChI=1S/C18H19N3O4/c1-24-13-11-14(22)18(12-7-4-3-5-8-12)15(13)17(18,16(23)25-2)9-6-10-20-21-19/h3-5,7-8,11,15H,6,9-10H2,1-2H3/t15-,17?,18-/m1/s1. The predicted octanol–water partition coefficient (Wildman–Crippen LogP) is 2.92. The lowest BCUT2D eigenvalue weighted by Gasteiger charge is -2.23. The van der Waals surface area contributed by atoms with Gasteiger partial charge in [0.15, 0.2) is 5.78 Å². The van der Waals surface area contributed by atoms with Crippen molar-refractivity contribution in [3.05, 3.63) is 58.2 Å². The molecule has 2 aliphatic rings. The molecule has 1 aromatic rings. The van der Waals surface area contributed by atoms with Crippen LogP contribution < -0.4 is 0 Å². The summed E-state index contributed by atoms with van der Waals surface area (Å²) in [5.74, 6) is -0.463. The minimum absolute atomic E-state index is 0.144. The Labute approximate surface area is 145 Å². The van der Waals surface area contributed by atoms with E-state index < -0.39 is 22.7 Å². The van der Waals surface area contributed by atoms with Gasteiger partial charge in [0.1, 0.15) is 5.76 Å². The molecule has 0 aromatic heterocycles. The van der Waals surface area contributed by atoms with Gasteiger partial charge in [0.2, 0.25) is 0 Å². The van der Waals surface area contributed by atoms with Crippen molar-refractivity contribution in [3.63, 3.8) is 0 Å². The Hall–Kier alpha value is -2.79. The highest BCUT2D eigenvalue weighted by Crippen LogP contribution is 2.77. The summed E-state index contributed by atoms with van der Waals surface area (Å²) in [6, 6.07) is 9.27. The molecule has 0 saturated heterocycles. The minimum atomic E-state index is -1.02. The molecule has 130 valence electrons. The molecule has 0 bridgehead atoms. The molecule has 0 heterocycles. The molecule has 0 radical (unpaired) electrons. The van der Waals surface area contributed by atoms with Crippen LogP contribution in [-0.2, 0) is 24.5 Å². The summed E-state index contributed by atoms with van der Waals surface area (Å²) in [7, 11) is 2.82. The molecule has 7 heteroatoms. The zero-order chi connectivity index (χ0) is 18.1. The van der Waals surface area contributed by atoms with Gasteiger partial charge in [-0.2, -0.15) is 0 Å². The van der Waals surface area contributed by atoms with Gasteiger partial charge in [-0.05, 0) is 23.9 Å². The summed E-state index contributed by atoms with van der Waals surface area (Å²) in [6.07, 6.45) is 2.34. The van der Waals surface area contributed by atoms with Crippen molar-refractivity contribution >= 4 is 11.8 Å². The van der Waals surface area contributed by atoms with E-state index in [2.05, 4.69) is 10.0 Å². The Morgan fingerprint density at radius 1 is 1.32 bits per heavy atom. The predicted molar refractivity (Wildman–Crippen MR) is 89.4 cm³/mol. The lowest BCUT2D eigenvalue weighted by Crippen LogP contribution is -2.33. The van der Waals surface area contributed by atoms with Crippen LogP contribution in [0.2, 0.25) is 0 Å². The fraction of sp³-hybridized carbons (Fsp3) is 0.444. The van der Waals surface area contributed by atoms with Crippen LogP contribution in [-0.4, -0.2) is 32.5 Å². The number of ether oxygens (including phenoxy) is 2. The van der Waals surface area contributed by atoms with Crippen molar-refractivity contribution in [2.24, 2.45) is 16.4 Å². The van der Waals surface area contributed by atoms with E-state index in [1.54, 1.807) is 0 Å². The Kier molecular flexibility index (Phi) is 4.27. The largest absolute Gasteiger partial charge is 0.501 e. The number of hydrogen-bond acceptors (Lipinski definition) is 5. The maximum Gasteiger partial charge on any atom is 0.314 e. The smallest absolute Gasteiger partial charge is 0.314 e. The molecular formula is C18H19N3O4. The van der Waals surface area contributed by atoms with Crippen LogP contribution in [0.5, 0.6) is 0 Å². The van der Waals surface area contributed by atoms with Crippen molar-refractivity contribution in [1.29, 1.82) is 0 Å². The third-order valence-electron chi connectivity index (χ3n) is 5.40. The van der Waals surface area contributed by atoms with E-state index in [4.69, 9.17) is 15.0 Å². The SMILES string of the molecule is COC(=O)C1(CCCN=[N+]=[N-])[C@H]2C(OC)=CC(=O)[C@]21c1ccccc1. The quantitative estimate of drug-likeness (QED) is 0.250. The van der Waals surface area contributed by atoms with E-state index in [0.29, 0.717) is 18.6 Å². The summed E-state index contributed by atoms with van der Waals surface area (Å²) in [5, 5.41) is 3.53. The first kappa shape index (κ1) is 17.0. The fourth-order valence-electron chi connectivity index (χ4n) is 4.50. The van der Waals surface area contributed by atoms with Crippen molar-refractivity contribution in [3.8, 4) is 0 Å². The Morgan fingerprint density at radius 2 is 2.04 bits per heavy atom. The highest BCUT2D eigenvalue weighted by Gasteiger charge is 2.87. The first-order valence-electron chi connectivity index (χ1n) is 8.06. The Morgan fingerprint density at radius 3 is 2.64 bits per heavy atom. The van der Waals surface area contributed by atoms with E-state index in [9.17, 15) is 9.59 Å². The fourth-order valence-corrected chi connectivity index (χ4v) is 4.50. The summed E-state index contributed by atoms with van der Waals surface area (Å²) in [6.45, 7) is 0.257. The van der Waals surface area contributed by atoms with E-state index in [-0.39, 0.29) is 12.3 Å². The van der Waals surface area contributed by atoms with Gasteiger partial charge in [-0.1, -0.05) is 35.4 Å². The second kappa shape index (κ2) is 6.26. The number of fused-ring (bicyclic) bond motifs is 1. The van der Waals surface area contributed by atoms with E-state index in [1.165, 1.54) is 20.3 Å². The highest BCUT2D eigenvalue weighted by molar-refractivity contribution is 6.13. The van der Waals surface area contributed by atoms with Gasteiger partial charge in [-0.25, -0.2) is 0 Å². The van der Waals surface area contributed by atoms with E-state index in [0.717, 1.165) is 5.56 Å². The number of nitrogens with zero attached hydrogens (tertiary/aromatic N) is 3. The van der Waals surface area contributed by atoms with Gasteiger partial charge < -0.3 is 9.47 Å². The lowest BCUT2D eigenvalue weighted by molar-refractivity contribution is -0.150. The minimum Gasteiger partial charge on any atom is -0.501 e. The van der Waals surface area contributed by atoms with Crippen LogP contribution in [0.3, 0.4) is 0 Å². The molecule has 0 N–H and O–H groups in total. The molecule has 3 rings (SSSR count). The van der Waals surface area contributed by atoms with Crippen LogP contribution in [0.25, 0.3) is 10.4 Å². The van der Waals surface area contributed by atoms with Crippen LogP contribution in [0, 0.1) is 11.3 Å². The number of ketones is 1. The lowest BCUT2D eigenvalue weighted by atomic mass is 9.80. The number of carbonyl (C=O) groups is 2. The second-order valence-corrected chi connectivity index (χ2v) is 6.24. The Balaban J connectivity index is 2.10. The van der Waals surface area contributed by atoms with Crippen LogP contribution in [0.4, 0.5) is 0 Å². The van der Waals surface area contributed by atoms with Crippen molar-refractivity contribution in [2.75, 3.05) is 20.8 Å². The summed E-state index contributed by atoms with van der Waals surface area (Å²) >= 11 is 0. The van der Waals surface area contributed by atoms with Gasteiger partial charge >= 0.3 is 5.97 Å². The summed E-state index contributed by atoms with van der Waals surface area (Å²) in [5.41, 5.74) is 7.22. The third kappa shape index (κ3) is 2.09. The van der Waals surface area contributed by atoms with Gasteiger partial charge in [-0.3, -0.25) is 9.59 Å². The van der Waals surface area contributed by atoms with Crippen LogP contribution in [0.15, 0.2) is 47.3 Å². The normalized spacial score (nSPS) is 29.3. The summed E-state index contributed by atoms with van der Waals surface area (Å²) in [4.78, 5) is 28.5. The highest BCUT2D eigenvalue weighted by atomic mass is 16.5.